The van der Waals surface area contributed by atoms with E-state index >= 15 is 0 Å². The van der Waals surface area contributed by atoms with Crippen molar-refractivity contribution in [2.45, 2.75) is 30.8 Å². The number of nitrogens with one attached hydrogen (secondary N) is 1. The van der Waals surface area contributed by atoms with E-state index in [-0.39, 0.29) is 22.3 Å². The van der Waals surface area contributed by atoms with Gasteiger partial charge in [0.15, 0.2) is 11.0 Å². The van der Waals surface area contributed by atoms with E-state index in [1.165, 1.54) is 30.0 Å². The minimum absolute atomic E-state index is 0.150. The van der Waals surface area contributed by atoms with Gasteiger partial charge in [0.2, 0.25) is 5.91 Å². The van der Waals surface area contributed by atoms with Crippen LogP contribution in [0.25, 0.3) is 11.4 Å². The molecule has 1 atom stereocenters. The Bertz CT molecular complexity index is 1040. The second-order valence-electron chi connectivity index (χ2n) is 6.09. The lowest BCUT2D eigenvalue weighted by Crippen LogP contribution is -2.23. The van der Waals surface area contributed by atoms with Crippen LogP contribution in [-0.2, 0) is 11.3 Å². The van der Waals surface area contributed by atoms with E-state index in [1.807, 2.05) is 41.8 Å². The van der Waals surface area contributed by atoms with E-state index in [2.05, 4.69) is 15.5 Å². The van der Waals surface area contributed by atoms with Crippen molar-refractivity contribution < 1.29 is 9.72 Å². The summed E-state index contributed by atoms with van der Waals surface area (Å²) in [4.78, 5) is 23.0. The summed E-state index contributed by atoms with van der Waals surface area (Å²) in [5, 5.41) is 22.4. The Balaban J connectivity index is 1.76. The first-order chi connectivity index (χ1) is 13.9. The van der Waals surface area contributed by atoms with Crippen molar-refractivity contribution in [1.82, 2.24) is 14.8 Å². The predicted molar refractivity (Wildman–Crippen MR) is 113 cm³/mol. The second-order valence-corrected chi connectivity index (χ2v) is 7.80. The fraction of sp³-hybridized carbons (Fsp3) is 0.211. The van der Waals surface area contributed by atoms with Gasteiger partial charge in [-0.1, -0.05) is 53.7 Å². The first-order valence-electron chi connectivity index (χ1n) is 8.80. The Labute approximate surface area is 176 Å². The van der Waals surface area contributed by atoms with Gasteiger partial charge < -0.3 is 9.88 Å². The number of non-ortho nitro benzene ring substituents is 1. The molecule has 0 radical (unpaired) electrons. The Morgan fingerprint density at radius 3 is 2.66 bits per heavy atom. The van der Waals surface area contributed by atoms with Crippen LogP contribution < -0.4 is 5.32 Å². The molecule has 1 unspecified atom stereocenters. The predicted octanol–water partition coefficient (Wildman–Crippen LogP) is 4.65. The molecule has 3 aromatic rings. The maximum atomic E-state index is 12.6. The van der Waals surface area contributed by atoms with Crippen LogP contribution in [0, 0.1) is 10.1 Å². The van der Waals surface area contributed by atoms with Crippen LogP contribution in [0.3, 0.4) is 0 Å². The van der Waals surface area contributed by atoms with Crippen molar-refractivity contribution in [3.63, 3.8) is 0 Å². The van der Waals surface area contributed by atoms with E-state index < -0.39 is 10.2 Å². The smallest absolute Gasteiger partial charge is 0.271 e. The zero-order chi connectivity index (χ0) is 21.0. The molecule has 8 nitrogen and oxygen atoms in total. The molecule has 0 aliphatic carbocycles. The molecule has 150 valence electrons. The number of amides is 1. The number of hydrogen-bond donors (Lipinski definition) is 1. The molecule has 0 saturated heterocycles. The number of nitro benzene ring substituents is 1. The maximum absolute atomic E-state index is 12.6. The van der Waals surface area contributed by atoms with Gasteiger partial charge in [0.1, 0.15) is 0 Å². The third kappa shape index (κ3) is 4.75. The van der Waals surface area contributed by atoms with Gasteiger partial charge in [-0.15, -0.1) is 10.2 Å². The summed E-state index contributed by atoms with van der Waals surface area (Å²) in [5.74, 6) is 0.384. The molecule has 3 rings (SSSR count). The van der Waals surface area contributed by atoms with Gasteiger partial charge in [0.05, 0.1) is 20.9 Å². The molecule has 2 aromatic carbocycles. The highest BCUT2D eigenvalue weighted by Gasteiger charge is 2.21. The minimum Gasteiger partial charge on any atom is -0.324 e. The summed E-state index contributed by atoms with van der Waals surface area (Å²) in [6.07, 6.45) is 0. The molecular formula is C19H18ClN5O3S. The number of aromatic nitrogens is 3. The van der Waals surface area contributed by atoms with Crippen molar-refractivity contribution >= 4 is 40.6 Å². The molecule has 1 aromatic heterocycles. The molecule has 10 heteroatoms. The van der Waals surface area contributed by atoms with Crippen LogP contribution in [0.15, 0.2) is 53.7 Å². The number of rotatable bonds is 7. The lowest BCUT2D eigenvalue weighted by Gasteiger charge is -2.13. The van der Waals surface area contributed by atoms with Crippen LogP contribution in [0.4, 0.5) is 11.4 Å². The first kappa shape index (κ1) is 20.8. The molecular weight excluding hydrogens is 414 g/mol. The Morgan fingerprint density at radius 2 is 2.00 bits per heavy atom. The number of carbonyl (C=O) groups is 1. The normalized spacial score (nSPS) is 11.8. The zero-order valence-corrected chi connectivity index (χ0v) is 17.3. The van der Waals surface area contributed by atoms with E-state index in [1.54, 1.807) is 6.92 Å². The summed E-state index contributed by atoms with van der Waals surface area (Å²) in [6.45, 7) is 4.35. The average molecular weight is 432 g/mol. The number of anilines is 1. The van der Waals surface area contributed by atoms with E-state index in [0.29, 0.717) is 11.7 Å². The van der Waals surface area contributed by atoms with Crippen LogP contribution in [0.2, 0.25) is 5.02 Å². The summed E-state index contributed by atoms with van der Waals surface area (Å²) >= 11 is 7.31. The van der Waals surface area contributed by atoms with Crippen LogP contribution in [0.1, 0.15) is 13.8 Å². The quantitative estimate of drug-likeness (QED) is 0.332. The summed E-state index contributed by atoms with van der Waals surface area (Å²) < 4.78 is 1.93. The van der Waals surface area contributed by atoms with Crippen LogP contribution >= 0.6 is 23.4 Å². The Kier molecular flexibility index (Phi) is 6.50. The number of nitro groups is 1. The number of hydrogen-bond acceptors (Lipinski definition) is 6. The lowest BCUT2D eigenvalue weighted by atomic mass is 10.2. The van der Waals surface area contributed by atoms with Crippen LogP contribution in [-0.4, -0.2) is 30.8 Å². The average Bonchev–Trinajstić information content (AvgIpc) is 3.12. The molecule has 0 aliphatic heterocycles. The Morgan fingerprint density at radius 1 is 1.28 bits per heavy atom. The molecule has 0 fully saturated rings. The highest BCUT2D eigenvalue weighted by molar-refractivity contribution is 8.00. The van der Waals surface area contributed by atoms with Gasteiger partial charge in [0, 0.05) is 24.2 Å². The largest absolute Gasteiger partial charge is 0.324 e. The molecule has 1 amide bonds. The van der Waals surface area contributed by atoms with Crippen molar-refractivity contribution in [1.29, 1.82) is 0 Å². The topological polar surface area (TPSA) is 103 Å². The fourth-order valence-electron chi connectivity index (χ4n) is 2.63. The number of nitrogens with zero attached hydrogens (tertiary/aromatic N) is 4. The van der Waals surface area contributed by atoms with Crippen molar-refractivity contribution in [2.75, 3.05) is 5.32 Å². The molecule has 0 aliphatic rings. The highest BCUT2D eigenvalue weighted by atomic mass is 35.5. The Hall–Kier alpha value is -2.91. The maximum Gasteiger partial charge on any atom is 0.271 e. The molecule has 0 saturated carbocycles. The van der Waals surface area contributed by atoms with Gasteiger partial charge in [-0.05, 0) is 19.9 Å². The zero-order valence-electron chi connectivity index (χ0n) is 15.7. The SMILES string of the molecule is CCn1c(SC(C)C(=O)Nc2cc([N+](=O)[O-])ccc2Cl)nnc1-c1ccccc1. The fourth-order valence-corrected chi connectivity index (χ4v) is 3.71. The number of carbonyl (C=O) groups excluding carboxylic acids is 1. The van der Waals surface area contributed by atoms with Gasteiger partial charge in [-0.3, -0.25) is 14.9 Å². The standard InChI is InChI=1S/C19H18ClN5O3S/c1-3-24-17(13-7-5-4-6-8-13)22-23-19(24)29-12(2)18(26)21-16-11-14(25(27)28)9-10-15(16)20/h4-12H,3H2,1-2H3,(H,21,26). The molecule has 0 spiro atoms. The minimum atomic E-state index is -0.543. The van der Waals surface area contributed by atoms with E-state index in [4.69, 9.17) is 11.6 Å². The van der Waals surface area contributed by atoms with E-state index in [0.717, 1.165) is 11.4 Å². The monoisotopic (exact) mass is 431 g/mol. The summed E-state index contributed by atoms with van der Waals surface area (Å²) in [5.41, 5.74) is 0.984. The third-order valence-electron chi connectivity index (χ3n) is 4.14. The van der Waals surface area contributed by atoms with Gasteiger partial charge in [-0.25, -0.2) is 0 Å². The number of halogens is 1. The van der Waals surface area contributed by atoms with Gasteiger partial charge in [-0.2, -0.15) is 0 Å². The third-order valence-corrected chi connectivity index (χ3v) is 5.55. The van der Waals surface area contributed by atoms with Crippen LogP contribution in [0.5, 0.6) is 0 Å². The summed E-state index contributed by atoms with van der Waals surface area (Å²) in [6, 6.07) is 13.6. The number of benzene rings is 2. The van der Waals surface area contributed by atoms with Crippen molar-refractivity contribution in [3.05, 3.63) is 63.7 Å². The molecule has 0 bridgehead atoms. The number of thioether (sulfide) groups is 1. The molecule has 1 heterocycles. The highest BCUT2D eigenvalue weighted by Crippen LogP contribution is 2.30. The van der Waals surface area contributed by atoms with E-state index in [9.17, 15) is 14.9 Å². The first-order valence-corrected chi connectivity index (χ1v) is 10.1. The van der Waals surface area contributed by atoms with Gasteiger partial charge in [0.25, 0.3) is 5.69 Å². The molecule has 1 N–H and O–H groups in total. The van der Waals surface area contributed by atoms with Crippen molar-refractivity contribution in [2.24, 2.45) is 0 Å². The van der Waals surface area contributed by atoms with Crippen molar-refractivity contribution in [3.8, 4) is 11.4 Å². The summed E-state index contributed by atoms with van der Waals surface area (Å²) in [7, 11) is 0. The van der Waals surface area contributed by atoms with Gasteiger partial charge >= 0.3 is 0 Å². The lowest BCUT2D eigenvalue weighted by molar-refractivity contribution is -0.384. The molecule has 29 heavy (non-hydrogen) atoms. The second kappa shape index (κ2) is 9.06.